The summed E-state index contributed by atoms with van der Waals surface area (Å²) in [6.45, 7) is 8.94. The molecule has 1 aromatic heterocycles. The fraction of sp³-hybridized carbons (Fsp3) is 0.375. The number of rotatable bonds is 7. The second-order valence-electron chi connectivity index (χ2n) is 7.77. The summed E-state index contributed by atoms with van der Waals surface area (Å²) in [7, 11) is 0. The Morgan fingerprint density at radius 2 is 1.71 bits per heavy atom. The molecule has 4 heteroatoms. The number of hydrogen-bond acceptors (Lipinski definition) is 3. The molecular formula is C24H29N3O. The molecule has 3 aromatic rings. The predicted molar refractivity (Wildman–Crippen MR) is 116 cm³/mol. The number of para-hydroxylation sites is 1. The van der Waals surface area contributed by atoms with Crippen molar-refractivity contribution in [2.75, 3.05) is 37.6 Å². The van der Waals surface area contributed by atoms with Gasteiger partial charge in [-0.2, -0.15) is 0 Å². The van der Waals surface area contributed by atoms with Gasteiger partial charge in [-0.15, -0.1) is 0 Å². The fourth-order valence-electron chi connectivity index (χ4n) is 4.24. The molecule has 28 heavy (non-hydrogen) atoms. The van der Waals surface area contributed by atoms with Gasteiger partial charge >= 0.3 is 0 Å². The zero-order valence-corrected chi connectivity index (χ0v) is 16.7. The van der Waals surface area contributed by atoms with E-state index in [4.69, 9.17) is 0 Å². The molecule has 1 saturated heterocycles. The Kier molecular flexibility index (Phi) is 5.77. The van der Waals surface area contributed by atoms with Crippen LogP contribution in [0.5, 0.6) is 0 Å². The van der Waals surface area contributed by atoms with Gasteiger partial charge in [0.05, 0.1) is 0 Å². The van der Waals surface area contributed by atoms with Gasteiger partial charge in [-0.05, 0) is 62.2 Å². The minimum atomic E-state index is 0.745. The van der Waals surface area contributed by atoms with Gasteiger partial charge in [0.25, 0.3) is 0 Å². The number of aryl methyl sites for hydroxylation is 2. The maximum atomic E-state index is 10.9. The molecule has 146 valence electrons. The first-order chi connectivity index (χ1) is 13.7. The Labute approximate surface area is 167 Å². The highest BCUT2D eigenvalue weighted by Gasteiger charge is 2.17. The third-order valence-corrected chi connectivity index (χ3v) is 5.88. The largest absolute Gasteiger partial charge is 0.369 e. The molecule has 0 aliphatic carbocycles. The Morgan fingerprint density at radius 1 is 0.929 bits per heavy atom. The van der Waals surface area contributed by atoms with Crippen molar-refractivity contribution in [3.05, 3.63) is 65.9 Å². The van der Waals surface area contributed by atoms with Gasteiger partial charge in [0, 0.05) is 61.1 Å². The van der Waals surface area contributed by atoms with Crippen LogP contribution >= 0.6 is 0 Å². The SMILES string of the molecule is Cc1ccccc1N1CCN(CCCCn2ccc3cc(C=O)ccc32)CC1. The molecule has 2 aromatic carbocycles. The fourth-order valence-corrected chi connectivity index (χ4v) is 4.24. The molecule has 0 amide bonds. The van der Waals surface area contributed by atoms with Crippen LogP contribution < -0.4 is 4.90 Å². The van der Waals surface area contributed by atoms with Gasteiger partial charge in [0.15, 0.2) is 0 Å². The highest BCUT2D eigenvalue weighted by atomic mass is 16.1. The van der Waals surface area contributed by atoms with Crippen LogP contribution in [-0.2, 0) is 6.54 Å². The first-order valence-electron chi connectivity index (χ1n) is 10.3. The Balaban J connectivity index is 1.22. The van der Waals surface area contributed by atoms with E-state index in [-0.39, 0.29) is 0 Å². The number of fused-ring (bicyclic) bond motifs is 1. The predicted octanol–water partition coefficient (Wildman–Crippen LogP) is 4.36. The minimum absolute atomic E-state index is 0.745. The molecular weight excluding hydrogens is 346 g/mol. The van der Waals surface area contributed by atoms with Crippen LogP contribution in [0.25, 0.3) is 10.9 Å². The van der Waals surface area contributed by atoms with E-state index < -0.39 is 0 Å². The minimum Gasteiger partial charge on any atom is -0.369 e. The molecule has 4 rings (SSSR count). The number of aromatic nitrogens is 1. The van der Waals surface area contributed by atoms with Crippen LogP contribution in [0.2, 0.25) is 0 Å². The van der Waals surface area contributed by atoms with Crippen molar-refractivity contribution in [2.45, 2.75) is 26.3 Å². The average molecular weight is 376 g/mol. The summed E-state index contributed by atoms with van der Waals surface area (Å²) in [5.41, 5.74) is 4.72. The van der Waals surface area contributed by atoms with Crippen molar-refractivity contribution in [2.24, 2.45) is 0 Å². The van der Waals surface area contributed by atoms with Crippen molar-refractivity contribution in [1.82, 2.24) is 9.47 Å². The maximum absolute atomic E-state index is 10.9. The number of carbonyl (C=O) groups is 1. The molecule has 0 atom stereocenters. The molecule has 1 aliphatic heterocycles. The van der Waals surface area contributed by atoms with Gasteiger partial charge in [0.1, 0.15) is 6.29 Å². The van der Waals surface area contributed by atoms with Crippen LogP contribution in [0.15, 0.2) is 54.7 Å². The second-order valence-corrected chi connectivity index (χ2v) is 7.77. The van der Waals surface area contributed by atoms with E-state index in [1.54, 1.807) is 0 Å². The second kappa shape index (κ2) is 8.61. The number of nitrogens with zero attached hydrogens (tertiary/aromatic N) is 3. The first-order valence-corrected chi connectivity index (χ1v) is 10.3. The number of piperazine rings is 1. The van der Waals surface area contributed by atoms with Crippen LogP contribution in [-0.4, -0.2) is 48.5 Å². The standard InChI is InChI=1S/C24H29N3O/c1-20-6-2-3-7-23(20)27-16-14-25(15-17-27)11-4-5-12-26-13-10-22-18-21(19-28)8-9-24(22)26/h2-3,6-10,13,18-19H,4-5,11-12,14-17H2,1H3. The molecule has 1 aliphatic rings. The molecule has 0 unspecified atom stereocenters. The number of benzene rings is 2. The molecule has 0 spiro atoms. The molecule has 0 bridgehead atoms. The lowest BCUT2D eigenvalue weighted by atomic mass is 10.1. The molecule has 0 saturated carbocycles. The lowest BCUT2D eigenvalue weighted by Gasteiger charge is -2.36. The monoisotopic (exact) mass is 375 g/mol. The lowest BCUT2D eigenvalue weighted by molar-refractivity contribution is 0.112. The Morgan fingerprint density at radius 3 is 2.50 bits per heavy atom. The third kappa shape index (κ3) is 4.12. The molecule has 0 radical (unpaired) electrons. The maximum Gasteiger partial charge on any atom is 0.150 e. The van der Waals surface area contributed by atoms with Crippen molar-refractivity contribution in [3.63, 3.8) is 0 Å². The molecule has 4 nitrogen and oxygen atoms in total. The van der Waals surface area contributed by atoms with Gasteiger partial charge in [-0.1, -0.05) is 18.2 Å². The van der Waals surface area contributed by atoms with Gasteiger partial charge in [0.2, 0.25) is 0 Å². The van der Waals surface area contributed by atoms with Crippen LogP contribution in [0, 0.1) is 6.92 Å². The summed E-state index contributed by atoms with van der Waals surface area (Å²) in [5.74, 6) is 0. The summed E-state index contributed by atoms with van der Waals surface area (Å²) in [4.78, 5) is 16.0. The average Bonchev–Trinajstić information content (AvgIpc) is 3.14. The van der Waals surface area contributed by atoms with Crippen molar-refractivity contribution < 1.29 is 4.79 Å². The van der Waals surface area contributed by atoms with E-state index in [2.05, 4.69) is 63.9 Å². The van der Waals surface area contributed by atoms with Gasteiger partial charge in [-0.3, -0.25) is 9.69 Å². The van der Waals surface area contributed by atoms with E-state index >= 15 is 0 Å². The Bertz CT molecular complexity index is 938. The summed E-state index contributed by atoms with van der Waals surface area (Å²) >= 11 is 0. The third-order valence-electron chi connectivity index (χ3n) is 5.88. The lowest BCUT2D eigenvalue weighted by Crippen LogP contribution is -2.46. The summed E-state index contributed by atoms with van der Waals surface area (Å²) < 4.78 is 2.31. The Hall–Kier alpha value is -2.59. The van der Waals surface area contributed by atoms with Crippen LogP contribution in [0.3, 0.4) is 0 Å². The van der Waals surface area contributed by atoms with Crippen molar-refractivity contribution >= 4 is 22.9 Å². The molecule has 1 fully saturated rings. The van der Waals surface area contributed by atoms with E-state index in [9.17, 15) is 4.79 Å². The highest BCUT2D eigenvalue weighted by molar-refractivity contribution is 5.87. The van der Waals surface area contributed by atoms with Crippen LogP contribution in [0.4, 0.5) is 5.69 Å². The zero-order chi connectivity index (χ0) is 19.3. The number of hydrogen-bond donors (Lipinski definition) is 0. The number of carbonyl (C=O) groups excluding carboxylic acids is 1. The van der Waals surface area contributed by atoms with E-state index in [0.717, 1.165) is 50.0 Å². The van der Waals surface area contributed by atoms with Crippen molar-refractivity contribution in [3.8, 4) is 0 Å². The number of anilines is 1. The molecule has 0 N–H and O–H groups in total. The smallest absolute Gasteiger partial charge is 0.150 e. The summed E-state index contributed by atoms with van der Waals surface area (Å²) in [5, 5.41) is 1.15. The summed E-state index contributed by atoms with van der Waals surface area (Å²) in [6, 6.07) is 16.7. The quantitative estimate of drug-likeness (QED) is 0.454. The van der Waals surface area contributed by atoms with Crippen molar-refractivity contribution in [1.29, 1.82) is 0 Å². The number of unbranched alkanes of at least 4 members (excludes halogenated alkanes) is 1. The van der Waals surface area contributed by atoms with E-state index in [0.29, 0.717) is 0 Å². The summed E-state index contributed by atoms with van der Waals surface area (Å²) in [6.07, 6.45) is 5.45. The van der Waals surface area contributed by atoms with Gasteiger partial charge in [-0.25, -0.2) is 0 Å². The first kappa shape index (κ1) is 18.8. The number of aldehydes is 1. The molecule has 2 heterocycles. The van der Waals surface area contributed by atoms with E-state index in [1.807, 2.05) is 12.1 Å². The normalized spacial score (nSPS) is 15.2. The van der Waals surface area contributed by atoms with E-state index in [1.165, 1.54) is 36.2 Å². The van der Waals surface area contributed by atoms with Gasteiger partial charge < -0.3 is 9.47 Å². The zero-order valence-electron chi connectivity index (χ0n) is 16.7. The van der Waals surface area contributed by atoms with Crippen LogP contribution in [0.1, 0.15) is 28.8 Å². The topological polar surface area (TPSA) is 28.5 Å². The highest BCUT2D eigenvalue weighted by Crippen LogP contribution is 2.21.